The number of carbonyl (C=O) groups excluding carboxylic acids is 2. The molecule has 92 valence electrons. The van der Waals surface area contributed by atoms with Crippen molar-refractivity contribution in [3.63, 3.8) is 0 Å². The lowest BCUT2D eigenvalue weighted by atomic mass is 10.1. The molecule has 1 N–H and O–H groups in total. The number of aromatic amines is 1. The van der Waals surface area contributed by atoms with E-state index in [1.807, 2.05) is 0 Å². The number of nitrogens with one attached hydrogen (secondary N) is 1. The van der Waals surface area contributed by atoms with Gasteiger partial charge in [0, 0.05) is 10.4 Å². The Morgan fingerprint density at radius 1 is 1.44 bits per heavy atom. The van der Waals surface area contributed by atoms with Crippen LogP contribution >= 0.6 is 11.6 Å². The molecule has 0 radical (unpaired) electrons. The number of pyridine rings is 1. The topological polar surface area (TPSA) is 76.2 Å². The van der Waals surface area contributed by atoms with Crippen molar-refractivity contribution in [2.24, 2.45) is 0 Å². The molecule has 0 aliphatic heterocycles. The third-order valence-corrected chi connectivity index (χ3v) is 2.73. The molecule has 0 aliphatic rings. The number of ether oxygens (including phenoxy) is 1. The molecule has 0 amide bonds. The summed E-state index contributed by atoms with van der Waals surface area (Å²) in [5, 5.41) is 0.686. The molecule has 0 aliphatic carbocycles. The predicted octanol–water partition coefficient (Wildman–Crippen LogP) is 1.78. The number of carbonyl (C=O) groups is 2. The number of hydrogen-bond donors (Lipinski definition) is 1. The van der Waals surface area contributed by atoms with Crippen LogP contribution in [-0.2, 0) is 4.74 Å². The summed E-state index contributed by atoms with van der Waals surface area (Å²) in [6.45, 7) is 0. The number of hydrogen-bond acceptors (Lipinski definition) is 4. The van der Waals surface area contributed by atoms with Gasteiger partial charge in [-0.05, 0) is 18.2 Å². The molecule has 0 bridgehead atoms. The fraction of sp³-hybridized carbons (Fsp3) is 0.0833. The Hall–Kier alpha value is -2.14. The summed E-state index contributed by atoms with van der Waals surface area (Å²) in [7, 11) is 1.14. The Morgan fingerprint density at radius 2 is 2.17 bits per heavy atom. The van der Waals surface area contributed by atoms with E-state index < -0.39 is 11.4 Å². The van der Waals surface area contributed by atoms with Crippen LogP contribution in [0.15, 0.2) is 23.0 Å². The van der Waals surface area contributed by atoms with Crippen LogP contribution in [0.5, 0.6) is 0 Å². The number of methoxy groups -OCH3 is 1. The zero-order valence-electron chi connectivity index (χ0n) is 9.32. The van der Waals surface area contributed by atoms with Crippen LogP contribution in [0.1, 0.15) is 20.8 Å². The van der Waals surface area contributed by atoms with Crippen molar-refractivity contribution in [2.75, 3.05) is 7.11 Å². The molecule has 2 rings (SSSR count). The van der Waals surface area contributed by atoms with Crippen molar-refractivity contribution in [3.8, 4) is 0 Å². The minimum atomic E-state index is -0.852. The van der Waals surface area contributed by atoms with E-state index in [4.69, 9.17) is 11.6 Å². The van der Waals surface area contributed by atoms with E-state index in [1.54, 1.807) is 0 Å². The molecule has 0 saturated heterocycles. The van der Waals surface area contributed by atoms with E-state index in [0.29, 0.717) is 16.8 Å². The number of aldehydes is 1. The summed E-state index contributed by atoms with van der Waals surface area (Å²) >= 11 is 5.79. The fourth-order valence-corrected chi connectivity index (χ4v) is 1.85. The summed E-state index contributed by atoms with van der Waals surface area (Å²) in [6, 6.07) is 4.52. The molecule has 1 heterocycles. The molecule has 0 saturated carbocycles. The Kier molecular flexibility index (Phi) is 3.16. The van der Waals surface area contributed by atoms with Crippen LogP contribution in [0.25, 0.3) is 10.9 Å². The highest BCUT2D eigenvalue weighted by Gasteiger charge is 2.19. The number of H-pyrrole nitrogens is 1. The van der Waals surface area contributed by atoms with E-state index in [-0.39, 0.29) is 16.6 Å². The van der Waals surface area contributed by atoms with Gasteiger partial charge in [0.15, 0.2) is 6.29 Å². The van der Waals surface area contributed by atoms with Crippen molar-refractivity contribution in [2.45, 2.75) is 0 Å². The minimum absolute atomic E-state index is 0.124. The van der Waals surface area contributed by atoms with Gasteiger partial charge in [-0.2, -0.15) is 0 Å². The van der Waals surface area contributed by atoms with Crippen molar-refractivity contribution in [1.29, 1.82) is 0 Å². The van der Waals surface area contributed by atoms with Crippen molar-refractivity contribution in [3.05, 3.63) is 44.7 Å². The van der Waals surface area contributed by atoms with Crippen molar-refractivity contribution < 1.29 is 14.3 Å². The molecule has 0 fully saturated rings. The monoisotopic (exact) mass is 265 g/mol. The van der Waals surface area contributed by atoms with Crippen LogP contribution in [0, 0.1) is 0 Å². The smallest absolute Gasteiger partial charge is 0.344 e. The van der Waals surface area contributed by atoms with Gasteiger partial charge in [-0.1, -0.05) is 11.6 Å². The number of aromatic nitrogens is 1. The second kappa shape index (κ2) is 4.62. The highest BCUT2D eigenvalue weighted by molar-refractivity contribution is 6.31. The lowest BCUT2D eigenvalue weighted by Gasteiger charge is -2.05. The molecule has 2 aromatic rings. The third kappa shape index (κ3) is 1.89. The average molecular weight is 266 g/mol. The molecule has 0 spiro atoms. The number of esters is 1. The van der Waals surface area contributed by atoms with Gasteiger partial charge in [-0.3, -0.25) is 9.59 Å². The zero-order chi connectivity index (χ0) is 13.3. The minimum Gasteiger partial charge on any atom is -0.465 e. The first-order valence-corrected chi connectivity index (χ1v) is 5.35. The van der Waals surface area contributed by atoms with E-state index in [9.17, 15) is 14.4 Å². The number of rotatable bonds is 2. The molecule has 0 unspecified atom stereocenters. The molecule has 1 aromatic heterocycles. The summed E-state index contributed by atoms with van der Waals surface area (Å²) in [5.74, 6) is -0.852. The van der Waals surface area contributed by atoms with Crippen molar-refractivity contribution >= 4 is 34.8 Å². The Labute approximate surface area is 106 Å². The van der Waals surface area contributed by atoms with Crippen molar-refractivity contribution in [1.82, 2.24) is 4.98 Å². The number of fused-ring (bicyclic) bond motifs is 1. The molecule has 18 heavy (non-hydrogen) atoms. The van der Waals surface area contributed by atoms with Gasteiger partial charge in [0.05, 0.1) is 18.3 Å². The van der Waals surface area contributed by atoms with Crippen LogP contribution in [0.2, 0.25) is 5.02 Å². The molecule has 0 atom stereocenters. The Bertz CT molecular complexity index is 705. The van der Waals surface area contributed by atoms with E-state index in [2.05, 4.69) is 9.72 Å². The predicted molar refractivity (Wildman–Crippen MR) is 66.3 cm³/mol. The first-order valence-electron chi connectivity index (χ1n) is 4.97. The maximum atomic E-state index is 12.1. The maximum Gasteiger partial charge on any atom is 0.344 e. The van der Waals surface area contributed by atoms with Gasteiger partial charge in [-0.25, -0.2) is 4.79 Å². The van der Waals surface area contributed by atoms with Gasteiger partial charge in [0.2, 0.25) is 5.43 Å². The van der Waals surface area contributed by atoms with Crippen LogP contribution < -0.4 is 5.43 Å². The van der Waals surface area contributed by atoms with Crippen LogP contribution in [-0.4, -0.2) is 24.3 Å². The highest BCUT2D eigenvalue weighted by Crippen LogP contribution is 2.16. The van der Waals surface area contributed by atoms with Gasteiger partial charge in [0.25, 0.3) is 0 Å². The second-order valence-corrected chi connectivity index (χ2v) is 3.98. The van der Waals surface area contributed by atoms with E-state index >= 15 is 0 Å². The summed E-state index contributed by atoms with van der Waals surface area (Å²) in [4.78, 5) is 37.2. The number of halogens is 1. The normalized spacial score (nSPS) is 10.3. The molecule has 6 heteroatoms. The lowest BCUT2D eigenvalue weighted by Crippen LogP contribution is -2.20. The average Bonchev–Trinajstić information content (AvgIpc) is 2.37. The first kappa shape index (κ1) is 12.3. The molecule has 1 aromatic carbocycles. The van der Waals surface area contributed by atoms with Crippen LogP contribution in [0.3, 0.4) is 0 Å². The Balaban J connectivity index is 2.91. The molecular formula is C12H8ClNO4. The first-order chi connectivity index (χ1) is 8.58. The van der Waals surface area contributed by atoms with E-state index in [0.717, 1.165) is 7.11 Å². The summed E-state index contributed by atoms with van der Waals surface area (Å²) < 4.78 is 4.49. The summed E-state index contributed by atoms with van der Waals surface area (Å²) in [5.41, 5.74) is -0.597. The number of benzene rings is 1. The van der Waals surface area contributed by atoms with Gasteiger partial charge >= 0.3 is 5.97 Å². The fourth-order valence-electron chi connectivity index (χ4n) is 1.68. The Morgan fingerprint density at radius 3 is 2.78 bits per heavy atom. The zero-order valence-corrected chi connectivity index (χ0v) is 10.1. The molecular weight excluding hydrogens is 258 g/mol. The maximum absolute atomic E-state index is 12.1. The second-order valence-electron chi connectivity index (χ2n) is 3.54. The van der Waals surface area contributed by atoms with Gasteiger partial charge < -0.3 is 9.72 Å². The standard InChI is InChI=1S/C12H8ClNO4/c1-18-12(17)10-9(5-15)14-8-4-6(13)2-3-7(8)11(10)16/h2-5H,1H3,(H,14,16). The summed E-state index contributed by atoms with van der Waals surface area (Å²) in [6.07, 6.45) is 0.397. The lowest BCUT2D eigenvalue weighted by molar-refractivity contribution is 0.0596. The molecule has 5 nitrogen and oxygen atoms in total. The highest BCUT2D eigenvalue weighted by atomic mass is 35.5. The van der Waals surface area contributed by atoms with E-state index in [1.165, 1.54) is 18.2 Å². The quantitative estimate of drug-likeness (QED) is 0.663. The SMILES string of the molecule is COC(=O)c1c(C=O)[nH]c2cc(Cl)ccc2c1=O. The third-order valence-electron chi connectivity index (χ3n) is 2.50. The largest absolute Gasteiger partial charge is 0.465 e. The van der Waals surface area contributed by atoms with Gasteiger partial charge in [0.1, 0.15) is 5.56 Å². The van der Waals surface area contributed by atoms with Gasteiger partial charge in [-0.15, -0.1) is 0 Å². The van der Waals surface area contributed by atoms with Crippen LogP contribution in [0.4, 0.5) is 0 Å².